The maximum absolute atomic E-state index is 13.1. The minimum atomic E-state index is -2.61. The van der Waals surface area contributed by atoms with Crippen LogP contribution in [0, 0.1) is 5.82 Å². The molecule has 2 N–H and O–H groups in total. The first-order valence-electron chi connectivity index (χ1n) is 5.66. The average molecular weight is 244 g/mol. The highest BCUT2D eigenvalue weighted by molar-refractivity contribution is 5.24. The van der Waals surface area contributed by atoms with Gasteiger partial charge in [-0.2, -0.15) is 0 Å². The van der Waals surface area contributed by atoms with E-state index >= 15 is 0 Å². The Balaban J connectivity index is 2.27. The van der Waals surface area contributed by atoms with Crippen LogP contribution in [-0.2, 0) is 5.41 Å². The second-order valence-electron chi connectivity index (χ2n) is 4.73. The van der Waals surface area contributed by atoms with E-state index in [0.717, 1.165) is 6.20 Å². The molecule has 0 saturated heterocycles. The summed E-state index contributed by atoms with van der Waals surface area (Å²) >= 11 is 0. The monoisotopic (exact) mass is 244 g/mol. The molecular weight excluding hydrogens is 229 g/mol. The molecule has 0 amide bonds. The van der Waals surface area contributed by atoms with Gasteiger partial charge in [-0.05, 0) is 24.5 Å². The number of nitrogens with two attached hydrogens (primary N) is 1. The zero-order valence-electron chi connectivity index (χ0n) is 9.43. The summed E-state index contributed by atoms with van der Waals surface area (Å²) in [5.41, 5.74) is 5.80. The lowest BCUT2D eigenvalue weighted by Gasteiger charge is -2.39. The number of pyridine rings is 1. The van der Waals surface area contributed by atoms with Gasteiger partial charge in [0.1, 0.15) is 5.82 Å². The van der Waals surface area contributed by atoms with Crippen molar-refractivity contribution in [2.24, 2.45) is 5.73 Å². The quantitative estimate of drug-likeness (QED) is 0.868. The molecule has 0 spiro atoms. The van der Waals surface area contributed by atoms with Crippen LogP contribution in [0.5, 0.6) is 0 Å². The Kier molecular flexibility index (Phi) is 3.12. The Morgan fingerprint density at radius 2 is 1.82 bits per heavy atom. The number of hydrogen-bond donors (Lipinski definition) is 1. The zero-order valence-corrected chi connectivity index (χ0v) is 9.43. The number of rotatable bonds is 2. The van der Waals surface area contributed by atoms with E-state index in [1.54, 1.807) is 0 Å². The average Bonchev–Trinajstić information content (AvgIpc) is 2.30. The van der Waals surface area contributed by atoms with Gasteiger partial charge >= 0.3 is 0 Å². The summed E-state index contributed by atoms with van der Waals surface area (Å²) in [5, 5.41) is 0. The molecule has 0 aliphatic heterocycles. The molecule has 5 heteroatoms. The lowest BCUT2D eigenvalue weighted by atomic mass is 9.69. The van der Waals surface area contributed by atoms with Crippen molar-refractivity contribution in [3.05, 3.63) is 29.8 Å². The van der Waals surface area contributed by atoms with E-state index in [2.05, 4.69) is 4.98 Å². The zero-order chi connectivity index (χ0) is 12.5. The fourth-order valence-electron chi connectivity index (χ4n) is 2.41. The van der Waals surface area contributed by atoms with E-state index in [1.807, 2.05) is 0 Å². The summed E-state index contributed by atoms with van der Waals surface area (Å²) in [5.74, 6) is -3.06. The van der Waals surface area contributed by atoms with Crippen LogP contribution in [0.15, 0.2) is 18.5 Å². The fourth-order valence-corrected chi connectivity index (χ4v) is 2.41. The van der Waals surface area contributed by atoms with Crippen molar-refractivity contribution in [1.82, 2.24) is 4.98 Å². The summed E-state index contributed by atoms with van der Waals surface area (Å²) in [6.07, 6.45) is 2.80. The molecule has 1 heterocycles. The van der Waals surface area contributed by atoms with Gasteiger partial charge in [0, 0.05) is 31.0 Å². The van der Waals surface area contributed by atoms with Crippen molar-refractivity contribution in [1.29, 1.82) is 0 Å². The molecule has 0 atom stereocenters. The van der Waals surface area contributed by atoms with Crippen molar-refractivity contribution in [3.8, 4) is 0 Å². The van der Waals surface area contributed by atoms with E-state index in [0.29, 0.717) is 5.56 Å². The van der Waals surface area contributed by atoms with Gasteiger partial charge in [-0.25, -0.2) is 13.2 Å². The van der Waals surface area contributed by atoms with Crippen molar-refractivity contribution >= 4 is 0 Å². The highest BCUT2D eigenvalue weighted by Crippen LogP contribution is 2.44. The van der Waals surface area contributed by atoms with E-state index < -0.39 is 17.2 Å². The molecule has 1 aliphatic carbocycles. The molecule has 2 rings (SSSR count). The third-order valence-corrected chi connectivity index (χ3v) is 3.65. The number of hydrogen-bond acceptors (Lipinski definition) is 2. The second-order valence-corrected chi connectivity index (χ2v) is 4.73. The van der Waals surface area contributed by atoms with E-state index in [4.69, 9.17) is 5.73 Å². The topological polar surface area (TPSA) is 38.9 Å². The van der Waals surface area contributed by atoms with Crippen LogP contribution in [-0.4, -0.2) is 17.5 Å². The molecule has 2 nitrogen and oxygen atoms in total. The standard InChI is InChI=1S/C12H15F3N2/c13-10-5-9(6-17-7-10)11(8-16)1-3-12(14,15)4-2-11/h5-7H,1-4,8,16H2. The van der Waals surface area contributed by atoms with Crippen LogP contribution in [0.2, 0.25) is 0 Å². The summed E-state index contributed by atoms with van der Waals surface area (Å²) in [6, 6.07) is 1.35. The minimum Gasteiger partial charge on any atom is -0.330 e. The Labute approximate surface area is 98.0 Å². The van der Waals surface area contributed by atoms with E-state index in [1.165, 1.54) is 12.3 Å². The van der Waals surface area contributed by atoms with Crippen LogP contribution < -0.4 is 5.73 Å². The summed E-state index contributed by atoms with van der Waals surface area (Å²) < 4.78 is 39.4. The highest BCUT2D eigenvalue weighted by Gasteiger charge is 2.43. The summed E-state index contributed by atoms with van der Waals surface area (Å²) in [7, 11) is 0. The molecule has 17 heavy (non-hydrogen) atoms. The first-order chi connectivity index (χ1) is 7.97. The predicted octanol–water partition coefficient (Wildman–Crippen LogP) is 2.63. The van der Waals surface area contributed by atoms with Crippen LogP contribution in [0.3, 0.4) is 0 Å². The van der Waals surface area contributed by atoms with Gasteiger partial charge in [0.25, 0.3) is 0 Å². The number of halogens is 3. The van der Waals surface area contributed by atoms with Crippen molar-refractivity contribution in [2.45, 2.75) is 37.0 Å². The molecule has 0 unspecified atom stereocenters. The number of aromatic nitrogens is 1. The molecule has 1 aromatic heterocycles. The maximum Gasteiger partial charge on any atom is 0.248 e. The molecule has 0 bridgehead atoms. The molecule has 1 aliphatic rings. The molecule has 1 aromatic rings. The van der Waals surface area contributed by atoms with Crippen molar-refractivity contribution < 1.29 is 13.2 Å². The Hall–Kier alpha value is -1.10. The lowest BCUT2D eigenvalue weighted by molar-refractivity contribution is -0.0509. The number of alkyl halides is 2. The summed E-state index contributed by atoms with van der Waals surface area (Å²) in [6.45, 7) is 0.244. The SMILES string of the molecule is NCC1(c2cncc(F)c2)CCC(F)(F)CC1. The van der Waals surface area contributed by atoms with Gasteiger partial charge in [0.2, 0.25) is 5.92 Å². The molecule has 94 valence electrons. The highest BCUT2D eigenvalue weighted by atomic mass is 19.3. The van der Waals surface area contributed by atoms with Crippen LogP contribution in [0.1, 0.15) is 31.2 Å². The first-order valence-corrected chi connectivity index (χ1v) is 5.66. The Morgan fingerprint density at radius 3 is 2.35 bits per heavy atom. The van der Waals surface area contributed by atoms with Gasteiger partial charge in [0.15, 0.2) is 0 Å². The Morgan fingerprint density at radius 1 is 1.18 bits per heavy atom. The fraction of sp³-hybridized carbons (Fsp3) is 0.583. The third-order valence-electron chi connectivity index (χ3n) is 3.65. The maximum atomic E-state index is 13.1. The molecule has 1 saturated carbocycles. The predicted molar refractivity (Wildman–Crippen MR) is 58.3 cm³/mol. The molecular formula is C12H15F3N2. The normalized spacial score (nSPS) is 22.4. The summed E-state index contributed by atoms with van der Waals surface area (Å²) in [4.78, 5) is 3.77. The van der Waals surface area contributed by atoms with Crippen molar-refractivity contribution in [3.63, 3.8) is 0 Å². The lowest BCUT2D eigenvalue weighted by Crippen LogP contribution is -2.42. The van der Waals surface area contributed by atoms with Crippen LogP contribution in [0.4, 0.5) is 13.2 Å². The van der Waals surface area contributed by atoms with Crippen LogP contribution in [0.25, 0.3) is 0 Å². The smallest absolute Gasteiger partial charge is 0.248 e. The molecule has 1 fully saturated rings. The van der Waals surface area contributed by atoms with E-state index in [-0.39, 0.29) is 32.2 Å². The van der Waals surface area contributed by atoms with E-state index in [9.17, 15) is 13.2 Å². The molecule has 0 aromatic carbocycles. The largest absolute Gasteiger partial charge is 0.330 e. The van der Waals surface area contributed by atoms with Gasteiger partial charge < -0.3 is 5.73 Å². The minimum absolute atomic E-state index is 0.194. The van der Waals surface area contributed by atoms with Gasteiger partial charge in [-0.1, -0.05) is 0 Å². The van der Waals surface area contributed by atoms with Crippen LogP contribution >= 0.6 is 0 Å². The van der Waals surface area contributed by atoms with Gasteiger partial charge in [-0.3, -0.25) is 4.98 Å². The molecule has 0 radical (unpaired) electrons. The van der Waals surface area contributed by atoms with Crippen molar-refractivity contribution in [2.75, 3.05) is 6.54 Å². The Bertz CT molecular complexity index is 396. The third kappa shape index (κ3) is 2.44. The van der Waals surface area contributed by atoms with Gasteiger partial charge in [0.05, 0.1) is 6.20 Å². The van der Waals surface area contributed by atoms with Gasteiger partial charge in [-0.15, -0.1) is 0 Å². The first kappa shape index (κ1) is 12.4. The second kappa shape index (κ2) is 4.29. The number of nitrogens with zero attached hydrogens (tertiary/aromatic N) is 1.